The third-order valence-electron chi connectivity index (χ3n) is 2.91. The van der Waals surface area contributed by atoms with Crippen LogP contribution in [0.5, 0.6) is 0 Å². The lowest BCUT2D eigenvalue weighted by atomic mass is 10.0. The number of alkyl halides is 1. The number of benzene rings is 1. The highest BCUT2D eigenvalue weighted by Crippen LogP contribution is 2.26. The van der Waals surface area contributed by atoms with E-state index in [0.29, 0.717) is 17.8 Å². The molecule has 0 saturated heterocycles. The van der Waals surface area contributed by atoms with E-state index in [-0.39, 0.29) is 11.8 Å². The Hall–Kier alpha value is -1.43. The predicted molar refractivity (Wildman–Crippen MR) is 86.4 cm³/mol. The molecular formula is C15H14BrClN2O2. The van der Waals surface area contributed by atoms with Gasteiger partial charge in [0.1, 0.15) is 12.0 Å². The molecule has 4 nitrogen and oxygen atoms in total. The summed E-state index contributed by atoms with van der Waals surface area (Å²) < 4.78 is 0.870. The van der Waals surface area contributed by atoms with Crippen LogP contribution in [0.25, 0.3) is 0 Å². The molecule has 0 spiro atoms. The fourth-order valence-corrected chi connectivity index (χ4v) is 2.40. The van der Waals surface area contributed by atoms with Crippen molar-refractivity contribution in [3.63, 3.8) is 0 Å². The van der Waals surface area contributed by atoms with E-state index in [9.17, 15) is 9.90 Å². The summed E-state index contributed by atoms with van der Waals surface area (Å²) in [7, 11) is 0. The number of aromatic nitrogens is 1. The topological polar surface area (TPSA) is 62.2 Å². The molecule has 1 amide bonds. The van der Waals surface area contributed by atoms with Crippen LogP contribution in [0.15, 0.2) is 47.1 Å². The Morgan fingerprint density at radius 3 is 2.86 bits per heavy atom. The number of amides is 1. The summed E-state index contributed by atoms with van der Waals surface area (Å²) in [4.78, 5) is 15.6. The number of anilines is 1. The second-order valence-corrected chi connectivity index (χ2v) is 5.64. The third kappa shape index (κ3) is 4.52. The molecule has 1 atom stereocenters. The zero-order chi connectivity index (χ0) is 15.2. The Morgan fingerprint density at radius 2 is 2.19 bits per heavy atom. The predicted octanol–water partition coefficient (Wildman–Crippen LogP) is 3.30. The van der Waals surface area contributed by atoms with E-state index in [2.05, 4.69) is 26.2 Å². The molecule has 21 heavy (non-hydrogen) atoms. The monoisotopic (exact) mass is 368 g/mol. The van der Waals surface area contributed by atoms with Crippen molar-refractivity contribution in [3.05, 3.63) is 58.3 Å². The fraction of sp³-hybridized carbons (Fsp3) is 0.200. The molecule has 2 aromatic rings. The minimum Gasteiger partial charge on any atom is -0.386 e. The SMILES string of the molecule is O=C(CCl)Nc1ccc(Br)cc1CC(O)c1ccccn1. The number of carbonyl (C=O) groups excluding carboxylic acids is 1. The van der Waals surface area contributed by atoms with Crippen molar-refractivity contribution >= 4 is 39.1 Å². The van der Waals surface area contributed by atoms with Crippen molar-refractivity contribution in [3.8, 4) is 0 Å². The van der Waals surface area contributed by atoms with Gasteiger partial charge in [0.15, 0.2) is 0 Å². The summed E-state index contributed by atoms with van der Waals surface area (Å²) in [5.74, 6) is -0.397. The van der Waals surface area contributed by atoms with E-state index in [0.717, 1.165) is 10.0 Å². The Morgan fingerprint density at radius 1 is 1.38 bits per heavy atom. The number of halogens is 2. The van der Waals surface area contributed by atoms with Gasteiger partial charge in [-0.1, -0.05) is 22.0 Å². The first-order chi connectivity index (χ1) is 10.1. The van der Waals surface area contributed by atoms with Gasteiger partial charge in [0.2, 0.25) is 5.91 Å². The molecule has 0 fully saturated rings. The number of pyridine rings is 1. The zero-order valence-corrected chi connectivity index (χ0v) is 13.4. The molecule has 1 aromatic carbocycles. The molecule has 0 saturated carbocycles. The quantitative estimate of drug-likeness (QED) is 0.795. The molecule has 1 aromatic heterocycles. The number of carbonyl (C=O) groups is 1. The number of nitrogens with one attached hydrogen (secondary N) is 1. The van der Waals surface area contributed by atoms with Gasteiger partial charge >= 0.3 is 0 Å². The minimum absolute atomic E-state index is 0.113. The van der Waals surface area contributed by atoms with Crippen molar-refractivity contribution in [2.75, 3.05) is 11.2 Å². The van der Waals surface area contributed by atoms with Gasteiger partial charge in [-0.25, -0.2) is 0 Å². The number of rotatable bonds is 5. The summed E-state index contributed by atoms with van der Waals surface area (Å²) in [5.41, 5.74) is 2.03. The van der Waals surface area contributed by atoms with Crippen LogP contribution in [0.4, 0.5) is 5.69 Å². The van der Waals surface area contributed by atoms with Crippen molar-refractivity contribution < 1.29 is 9.90 Å². The number of hydrogen-bond acceptors (Lipinski definition) is 3. The van der Waals surface area contributed by atoms with E-state index < -0.39 is 6.10 Å². The van der Waals surface area contributed by atoms with E-state index in [4.69, 9.17) is 11.6 Å². The second kappa shape index (κ2) is 7.54. The normalized spacial score (nSPS) is 12.0. The largest absolute Gasteiger partial charge is 0.386 e. The van der Waals surface area contributed by atoms with Crippen LogP contribution < -0.4 is 5.32 Å². The van der Waals surface area contributed by atoms with E-state index in [1.807, 2.05) is 18.2 Å². The average Bonchev–Trinajstić information content (AvgIpc) is 2.50. The van der Waals surface area contributed by atoms with Gasteiger partial charge in [0.05, 0.1) is 5.69 Å². The first-order valence-electron chi connectivity index (χ1n) is 6.33. The van der Waals surface area contributed by atoms with Crippen molar-refractivity contribution in [1.29, 1.82) is 0 Å². The standard InChI is InChI=1S/C15H14BrClN2O2/c16-11-4-5-12(19-15(21)9-17)10(7-11)8-14(20)13-3-1-2-6-18-13/h1-7,14,20H,8-9H2,(H,19,21). The Bertz CT molecular complexity index is 622. The van der Waals surface area contributed by atoms with Gasteiger partial charge in [-0.15, -0.1) is 11.6 Å². The number of nitrogens with zero attached hydrogens (tertiary/aromatic N) is 1. The van der Waals surface area contributed by atoms with Gasteiger partial charge in [0.25, 0.3) is 0 Å². The maximum absolute atomic E-state index is 11.4. The van der Waals surface area contributed by atoms with Gasteiger partial charge in [-0.3, -0.25) is 9.78 Å². The van der Waals surface area contributed by atoms with E-state index >= 15 is 0 Å². The maximum atomic E-state index is 11.4. The summed E-state index contributed by atoms with van der Waals surface area (Å²) in [6.45, 7) is 0. The van der Waals surface area contributed by atoms with Crippen LogP contribution in [0.2, 0.25) is 0 Å². The molecule has 1 unspecified atom stereocenters. The molecule has 0 aliphatic rings. The number of aliphatic hydroxyl groups excluding tert-OH is 1. The Labute approximate surface area is 136 Å². The van der Waals surface area contributed by atoms with Gasteiger partial charge in [0, 0.05) is 22.8 Å². The molecule has 2 rings (SSSR count). The van der Waals surface area contributed by atoms with E-state index in [1.54, 1.807) is 24.4 Å². The molecule has 0 aliphatic carbocycles. The highest BCUT2D eigenvalue weighted by atomic mass is 79.9. The fourth-order valence-electron chi connectivity index (χ4n) is 1.92. The smallest absolute Gasteiger partial charge is 0.239 e. The lowest BCUT2D eigenvalue weighted by Gasteiger charge is -2.14. The van der Waals surface area contributed by atoms with Gasteiger partial charge in [-0.05, 0) is 35.9 Å². The van der Waals surface area contributed by atoms with Crippen LogP contribution in [0.3, 0.4) is 0 Å². The molecule has 110 valence electrons. The summed E-state index contributed by atoms with van der Waals surface area (Å²) >= 11 is 8.90. The van der Waals surface area contributed by atoms with E-state index in [1.165, 1.54) is 0 Å². The van der Waals surface area contributed by atoms with Crippen LogP contribution in [-0.4, -0.2) is 21.9 Å². The molecule has 6 heteroatoms. The summed E-state index contributed by atoms with van der Waals surface area (Å²) in [5, 5.41) is 13.0. The van der Waals surface area contributed by atoms with Crippen molar-refractivity contribution in [2.45, 2.75) is 12.5 Å². The molecule has 1 heterocycles. The lowest BCUT2D eigenvalue weighted by Crippen LogP contribution is -2.15. The Kier molecular flexibility index (Phi) is 5.73. The minimum atomic E-state index is -0.743. The number of hydrogen-bond donors (Lipinski definition) is 2. The molecule has 0 radical (unpaired) electrons. The molecule has 0 bridgehead atoms. The first-order valence-corrected chi connectivity index (χ1v) is 7.66. The lowest BCUT2D eigenvalue weighted by molar-refractivity contribution is -0.113. The van der Waals surface area contributed by atoms with Crippen molar-refractivity contribution in [2.24, 2.45) is 0 Å². The van der Waals surface area contributed by atoms with Crippen LogP contribution in [0.1, 0.15) is 17.4 Å². The maximum Gasteiger partial charge on any atom is 0.239 e. The second-order valence-electron chi connectivity index (χ2n) is 4.46. The summed E-state index contributed by atoms with van der Waals surface area (Å²) in [6.07, 6.45) is 1.23. The summed E-state index contributed by atoms with van der Waals surface area (Å²) in [6, 6.07) is 10.8. The number of aliphatic hydroxyl groups is 1. The molecular weight excluding hydrogens is 356 g/mol. The Balaban J connectivity index is 2.22. The van der Waals surface area contributed by atoms with Gasteiger partial charge < -0.3 is 10.4 Å². The molecule has 2 N–H and O–H groups in total. The van der Waals surface area contributed by atoms with Crippen LogP contribution in [-0.2, 0) is 11.2 Å². The highest BCUT2D eigenvalue weighted by molar-refractivity contribution is 9.10. The average molecular weight is 370 g/mol. The zero-order valence-electron chi connectivity index (χ0n) is 11.1. The highest BCUT2D eigenvalue weighted by Gasteiger charge is 2.14. The first kappa shape index (κ1) is 15.9. The van der Waals surface area contributed by atoms with Gasteiger partial charge in [-0.2, -0.15) is 0 Å². The molecule has 0 aliphatic heterocycles. The van der Waals surface area contributed by atoms with Crippen molar-refractivity contribution in [1.82, 2.24) is 4.98 Å². The van der Waals surface area contributed by atoms with Crippen LogP contribution in [0, 0.1) is 0 Å². The third-order valence-corrected chi connectivity index (χ3v) is 3.64. The van der Waals surface area contributed by atoms with Crippen LogP contribution >= 0.6 is 27.5 Å².